The first-order valence-corrected chi connectivity index (χ1v) is 6.10. The fourth-order valence-electron chi connectivity index (χ4n) is 1.31. The summed E-state index contributed by atoms with van der Waals surface area (Å²) in [6.07, 6.45) is 3.78. The Morgan fingerprint density at radius 2 is 2.29 bits per heavy atom. The molecule has 0 radical (unpaired) electrons. The molecule has 1 unspecified atom stereocenters. The number of aliphatic hydroxyl groups is 1. The molecule has 1 heterocycles. The van der Waals surface area contributed by atoms with Crippen molar-refractivity contribution in [2.24, 2.45) is 0 Å². The van der Waals surface area contributed by atoms with Crippen molar-refractivity contribution in [3.8, 4) is 0 Å². The van der Waals surface area contributed by atoms with Crippen molar-refractivity contribution in [1.82, 2.24) is 14.8 Å². The van der Waals surface area contributed by atoms with E-state index in [1.807, 2.05) is 10.9 Å². The van der Waals surface area contributed by atoms with Gasteiger partial charge in [-0.3, -0.25) is 0 Å². The zero-order valence-electron chi connectivity index (χ0n) is 8.84. The molecule has 0 aromatic carbocycles. The summed E-state index contributed by atoms with van der Waals surface area (Å²) in [6, 6.07) is 0.300. The Hall–Kier alpha value is -0.550. The van der Waals surface area contributed by atoms with Gasteiger partial charge < -0.3 is 5.11 Å². The molecule has 0 bridgehead atoms. The van der Waals surface area contributed by atoms with Crippen molar-refractivity contribution in [3.05, 3.63) is 12.2 Å². The van der Waals surface area contributed by atoms with E-state index in [0.717, 1.165) is 11.6 Å². The monoisotopic (exact) mass is 215 g/mol. The summed E-state index contributed by atoms with van der Waals surface area (Å²) in [5.74, 6) is 1.60. The zero-order valence-corrected chi connectivity index (χ0v) is 9.66. The summed E-state index contributed by atoms with van der Waals surface area (Å²) >= 11 is 1.64. The summed E-state index contributed by atoms with van der Waals surface area (Å²) in [5, 5.41) is 13.7. The molecule has 80 valence electrons. The molecule has 4 nitrogen and oxygen atoms in total. The van der Waals surface area contributed by atoms with Crippen LogP contribution in [0, 0.1) is 0 Å². The van der Waals surface area contributed by atoms with Crippen LogP contribution in [0.1, 0.15) is 25.7 Å². The average Bonchev–Trinajstić information content (AvgIpc) is 2.52. The molecule has 0 amide bonds. The van der Waals surface area contributed by atoms with Crippen LogP contribution in [0.3, 0.4) is 0 Å². The van der Waals surface area contributed by atoms with E-state index < -0.39 is 0 Å². The molecule has 0 saturated carbocycles. The molecule has 0 fully saturated rings. The smallest absolute Gasteiger partial charge is 0.138 e. The molecule has 0 aliphatic heterocycles. The predicted molar refractivity (Wildman–Crippen MR) is 58.5 cm³/mol. The van der Waals surface area contributed by atoms with Gasteiger partial charge in [0, 0.05) is 18.2 Å². The number of aliphatic hydroxyl groups excluding tert-OH is 1. The molecule has 0 aliphatic carbocycles. The van der Waals surface area contributed by atoms with Crippen LogP contribution in [0.2, 0.25) is 0 Å². The molecular weight excluding hydrogens is 198 g/mol. The molecule has 0 spiro atoms. The van der Waals surface area contributed by atoms with E-state index >= 15 is 0 Å². The molecule has 14 heavy (non-hydrogen) atoms. The summed E-state index contributed by atoms with van der Waals surface area (Å²) in [7, 11) is 0. The van der Waals surface area contributed by atoms with Crippen LogP contribution in [-0.2, 0) is 6.42 Å². The van der Waals surface area contributed by atoms with Gasteiger partial charge in [-0.05, 0) is 20.1 Å². The maximum Gasteiger partial charge on any atom is 0.138 e. The number of aromatic nitrogens is 3. The quantitative estimate of drug-likeness (QED) is 0.800. The lowest BCUT2D eigenvalue weighted by Gasteiger charge is -2.12. The number of thioether (sulfide) groups is 1. The third-order valence-corrected chi connectivity index (χ3v) is 2.63. The van der Waals surface area contributed by atoms with Gasteiger partial charge in [-0.2, -0.15) is 16.9 Å². The van der Waals surface area contributed by atoms with E-state index in [9.17, 15) is 5.11 Å². The fraction of sp³-hybridized carbons (Fsp3) is 0.778. The van der Waals surface area contributed by atoms with Crippen LogP contribution < -0.4 is 0 Å². The number of hydrogen-bond acceptors (Lipinski definition) is 4. The SMILES string of the molecule is CSCC(O)Cc1ncnn1C(C)C. The second-order valence-electron chi connectivity index (χ2n) is 3.53. The Morgan fingerprint density at radius 3 is 2.86 bits per heavy atom. The van der Waals surface area contributed by atoms with E-state index in [1.54, 1.807) is 18.1 Å². The van der Waals surface area contributed by atoms with Crippen molar-refractivity contribution < 1.29 is 5.11 Å². The molecule has 0 aliphatic rings. The largest absolute Gasteiger partial charge is 0.392 e. The van der Waals surface area contributed by atoms with Gasteiger partial charge in [-0.1, -0.05) is 0 Å². The Bertz CT molecular complexity index is 275. The molecule has 1 atom stereocenters. The Morgan fingerprint density at radius 1 is 1.57 bits per heavy atom. The van der Waals surface area contributed by atoms with Gasteiger partial charge in [-0.25, -0.2) is 9.67 Å². The Labute approximate surface area is 88.7 Å². The first kappa shape index (κ1) is 11.5. The molecule has 1 aromatic rings. The maximum absolute atomic E-state index is 9.63. The molecule has 1 N–H and O–H groups in total. The minimum Gasteiger partial charge on any atom is -0.392 e. The van der Waals surface area contributed by atoms with Crippen molar-refractivity contribution in [3.63, 3.8) is 0 Å². The standard InChI is InChI=1S/C9H17N3OS/c1-7(2)12-9(10-6-11-12)4-8(13)5-14-3/h6-8,13H,4-5H2,1-3H3. The van der Waals surface area contributed by atoms with Crippen molar-refractivity contribution in [2.75, 3.05) is 12.0 Å². The Kier molecular flexibility index (Phi) is 4.41. The molecule has 1 aromatic heterocycles. The third kappa shape index (κ3) is 2.99. The molecule has 0 saturated heterocycles. The minimum absolute atomic E-state index is 0.300. The van der Waals surface area contributed by atoms with Gasteiger partial charge in [0.25, 0.3) is 0 Å². The van der Waals surface area contributed by atoms with Crippen molar-refractivity contribution in [2.45, 2.75) is 32.4 Å². The predicted octanol–water partition coefficient (Wildman–Crippen LogP) is 1.13. The van der Waals surface area contributed by atoms with Gasteiger partial charge in [-0.15, -0.1) is 0 Å². The van der Waals surface area contributed by atoms with Gasteiger partial charge >= 0.3 is 0 Å². The van der Waals surface area contributed by atoms with E-state index in [0.29, 0.717) is 12.5 Å². The van der Waals surface area contributed by atoms with Crippen LogP contribution >= 0.6 is 11.8 Å². The number of rotatable bonds is 5. The van der Waals surface area contributed by atoms with Crippen LogP contribution in [0.4, 0.5) is 0 Å². The lowest BCUT2D eigenvalue weighted by molar-refractivity contribution is 0.195. The molecule has 1 rings (SSSR count). The highest BCUT2D eigenvalue weighted by Gasteiger charge is 2.12. The number of hydrogen-bond donors (Lipinski definition) is 1. The lowest BCUT2D eigenvalue weighted by Crippen LogP contribution is -2.18. The summed E-state index contributed by atoms with van der Waals surface area (Å²) < 4.78 is 1.85. The van der Waals surface area contributed by atoms with E-state index in [-0.39, 0.29) is 6.10 Å². The first-order valence-electron chi connectivity index (χ1n) is 4.70. The van der Waals surface area contributed by atoms with Gasteiger partial charge in [0.15, 0.2) is 0 Å². The fourth-order valence-corrected chi connectivity index (χ4v) is 1.82. The van der Waals surface area contributed by atoms with Crippen LogP contribution in [0.5, 0.6) is 0 Å². The van der Waals surface area contributed by atoms with Crippen LogP contribution in [0.25, 0.3) is 0 Å². The van der Waals surface area contributed by atoms with E-state index in [2.05, 4.69) is 23.9 Å². The minimum atomic E-state index is -0.327. The van der Waals surface area contributed by atoms with Gasteiger partial charge in [0.1, 0.15) is 12.2 Å². The van der Waals surface area contributed by atoms with E-state index in [4.69, 9.17) is 0 Å². The first-order chi connectivity index (χ1) is 6.65. The van der Waals surface area contributed by atoms with Gasteiger partial charge in [0.05, 0.1) is 6.10 Å². The van der Waals surface area contributed by atoms with Crippen molar-refractivity contribution in [1.29, 1.82) is 0 Å². The topological polar surface area (TPSA) is 50.9 Å². The molecular formula is C9H17N3OS. The second-order valence-corrected chi connectivity index (χ2v) is 4.44. The van der Waals surface area contributed by atoms with E-state index in [1.165, 1.54) is 0 Å². The third-order valence-electron chi connectivity index (χ3n) is 1.91. The van der Waals surface area contributed by atoms with Crippen molar-refractivity contribution >= 4 is 11.8 Å². The highest BCUT2D eigenvalue weighted by molar-refractivity contribution is 7.98. The average molecular weight is 215 g/mol. The second kappa shape index (κ2) is 5.36. The summed E-state index contributed by atoms with van der Waals surface area (Å²) in [5.41, 5.74) is 0. The van der Waals surface area contributed by atoms with Gasteiger partial charge in [0.2, 0.25) is 0 Å². The highest BCUT2D eigenvalue weighted by atomic mass is 32.2. The van der Waals surface area contributed by atoms with Crippen LogP contribution in [-0.4, -0.2) is 38.0 Å². The summed E-state index contributed by atoms with van der Waals surface area (Å²) in [6.45, 7) is 4.11. The highest BCUT2D eigenvalue weighted by Crippen LogP contribution is 2.09. The number of nitrogens with zero attached hydrogens (tertiary/aromatic N) is 3. The summed E-state index contributed by atoms with van der Waals surface area (Å²) in [4.78, 5) is 4.14. The lowest BCUT2D eigenvalue weighted by atomic mass is 10.2. The Balaban J connectivity index is 2.61. The maximum atomic E-state index is 9.63. The van der Waals surface area contributed by atoms with Crippen LogP contribution in [0.15, 0.2) is 6.33 Å². The molecule has 5 heteroatoms. The normalized spacial score (nSPS) is 13.5. The zero-order chi connectivity index (χ0) is 10.6.